The topological polar surface area (TPSA) is 78.5 Å². The number of thioether (sulfide) groups is 1. The van der Waals surface area contributed by atoms with Crippen molar-refractivity contribution in [3.63, 3.8) is 0 Å². The lowest BCUT2D eigenvalue weighted by Crippen LogP contribution is -2.31. The van der Waals surface area contributed by atoms with Crippen molar-refractivity contribution in [1.29, 1.82) is 0 Å². The van der Waals surface area contributed by atoms with Gasteiger partial charge < -0.3 is 5.32 Å². The summed E-state index contributed by atoms with van der Waals surface area (Å²) in [7, 11) is -2.15. The average Bonchev–Trinajstić information content (AvgIpc) is 2.80. The average molecular weight is 374 g/mol. The molecule has 0 bridgehead atoms. The van der Waals surface area contributed by atoms with Crippen molar-refractivity contribution in [3.8, 4) is 0 Å². The molecule has 1 atom stereocenters. The highest BCUT2D eigenvalue weighted by Gasteiger charge is 2.34. The van der Waals surface area contributed by atoms with E-state index in [4.69, 9.17) is 12.2 Å². The third kappa shape index (κ3) is 4.23. The molecule has 0 saturated carbocycles. The fraction of sp³-hybridized carbons (Fsp3) is 0.429. The van der Waals surface area contributed by atoms with Crippen LogP contribution in [0.3, 0.4) is 0 Å². The van der Waals surface area contributed by atoms with Gasteiger partial charge in [0.1, 0.15) is 6.04 Å². The number of hydrogen-bond acceptors (Lipinski definition) is 5. The summed E-state index contributed by atoms with van der Waals surface area (Å²) in [6.45, 7) is 0.257. The Bertz CT molecular complexity index is 706. The summed E-state index contributed by atoms with van der Waals surface area (Å²) in [6, 6.07) is 6.21. The molecular weight excluding hydrogens is 354 g/mol. The van der Waals surface area contributed by atoms with Crippen molar-refractivity contribution in [1.82, 2.24) is 14.9 Å². The lowest BCUT2D eigenvalue weighted by atomic mass is 10.2. The molecule has 1 aliphatic heterocycles. The highest BCUT2D eigenvalue weighted by molar-refractivity contribution is 7.98. The van der Waals surface area contributed by atoms with Crippen LogP contribution in [0.2, 0.25) is 0 Å². The second kappa shape index (κ2) is 7.61. The minimum Gasteiger partial charge on any atom is -0.350 e. The van der Waals surface area contributed by atoms with Crippen molar-refractivity contribution in [2.45, 2.75) is 23.9 Å². The number of nitrogens with one attached hydrogen (secondary N) is 2. The lowest BCUT2D eigenvalue weighted by molar-refractivity contribution is -0.127. The van der Waals surface area contributed by atoms with Gasteiger partial charge in [-0.25, -0.2) is 13.1 Å². The van der Waals surface area contributed by atoms with Gasteiger partial charge in [0, 0.05) is 0 Å². The number of carbonyl (C=O) groups excluding carboxylic acids is 1. The Balaban J connectivity index is 2.15. The maximum atomic E-state index is 12.4. The summed E-state index contributed by atoms with van der Waals surface area (Å²) >= 11 is 6.91. The molecule has 2 N–H and O–H groups in total. The minimum absolute atomic E-state index is 0.0640. The number of thiocarbonyl (C=S) groups is 1. The number of carbonyl (C=O) groups is 1. The molecule has 1 aromatic carbocycles. The summed E-state index contributed by atoms with van der Waals surface area (Å²) in [5.74, 6) is 0.807. The van der Waals surface area contributed by atoms with Gasteiger partial charge in [-0.05, 0) is 55.4 Å². The summed E-state index contributed by atoms with van der Waals surface area (Å²) in [5.41, 5.74) is 0.712. The molecule has 1 fully saturated rings. The van der Waals surface area contributed by atoms with E-state index in [0.29, 0.717) is 17.1 Å². The Morgan fingerprint density at radius 1 is 1.43 bits per heavy atom. The molecule has 1 saturated heterocycles. The van der Waals surface area contributed by atoms with Crippen LogP contribution in [0, 0.1) is 0 Å². The molecule has 0 aliphatic carbocycles. The quantitative estimate of drug-likeness (QED) is 0.693. The monoisotopic (exact) mass is 373 g/mol. The van der Waals surface area contributed by atoms with Gasteiger partial charge in [0.25, 0.3) is 5.91 Å². The number of nitrogens with zero attached hydrogens (tertiary/aromatic N) is 1. The summed E-state index contributed by atoms with van der Waals surface area (Å²) in [6.07, 6.45) is 2.70. The van der Waals surface area contributed by atoms with Crippen molar-refractivity contribution >= 4 is 45.0 Å². The number of hydrogen-bond donors (Lipinski definition) is 2. The van der Waals surface area contributed by atoms with Crippen molar-refractivity contribution in [3.05, 3.63) is 29.8 Å². The largest absolute Gasteiger partial charge is 0.350 e. The zero-order valence-corrected chi connectivity index (χ0v) is 15.4. The Morgan fingerprint density at radius 2 is 2.17 bits per heavy atom. The second-order valence-corrected chi connectivity index (χ2v) is 8.32. The molecule has 1 aromatic rings. The SMILES string of the molecule is CNS(=O)(=O)c1cccc(CN2C(=O)[C@@H](CCSC)NC2=S)c1. The molecule has 6 nitrogen and oxygen atoms in total. The first-order valence-corrected chi connectivity index (χ1v) is 10.3. The van der Waals surface area contributed by atoms with E-state index >= 15 is 0 Å². The van der Waals surface area contributed by atoms with E-state index in [2.05, 4.69) is 10.0 Å². The fourth-order valence-electron chi connectivity index (χ4n) is 2.27. The van der Waals surface area contributed by atoms with Gasteiger partial charge in [0.2, 0.25) is 10.0 Å². The maximum absolute atomic E-state index is 12.4. The first-order chi connectivity index (χ1) is 10.9. The molecule has 0 aromatic heterocycles. The van der Waals surface area contributed by atoms with Crippen LogP contribution in [0.1, 0.15) is 12.0 Å². The van der Waals surface area contributed by atoms with Gasteiger partial charge >= 0.3 is 0 Å². The molecule has 1 heterocycles. The van der Waals surface area contributed by atoms with Gasteiger partial charge in [-0.1, -0.05) is 12.1 Å². The Hall–Kier alpha value is -1.16. The molecular formula is C14H19N3O3S3. The summed E-state index contributed by atoms with van der Waals surface area (Å²) in [5, 5.41) is 3.42. The van der Waals surface area contributed by atoms with Gasteiger partial charge in [-0.3, -0.25) is 9.69 Å². The highest BCUT2D eigenvalue weighted by atomic mass is 32.2. The molecule has 9 heteroatoms. The first kappa shape index (κ1) is 18.2. The van der Waals surface area contributed by atoms with Crippen LogP contribution >= 0.6 is 24.0 Å². The third-order valence-electron chi connectivity index (χ3n) is 3.54. The van der Waals surface area contributed by atoms with Crippen LogP contribution in [0.5, 0.6) is 0 Å². The van der Waals surface area contributed by atoms with Crippen molar-refractivity contribution in [2.75, 3.05) is 19.1 Å². The smallest absolute Gasteiger partial charge is 0.251 e. The highest BCUT2D eigenvalue weighted by Crippen LogP contribution is 2.17. The van der Waals surface area contributed by atoms with Gasteiger partial charge in [0.15, 0.2) is 5.11 Å². The Morgan fingerprint density at radius 3 is 2.83 bits per heavy atom. The summed E-state index contributed by atoms with van der Waals surface area (Å²) < 4.78 is 26.0. The van der Waals surface area contributed by atoms with Crippen molar-refractivity contribution < 1.29 is 13.2 Å². The van der Waals surface area contributed by atoms with Crippen molar-refractivity contribution in [2.24, 2.45) is 0 Å². The minimum atomic E-state index is -3.51. The van der Waals surface area contributed by atoms with E-state index in [9.17, 15) is 13.2 Å². The van der Waals surface area contributed by atoms with Gasteiger partial charge in [0.05, 0.1) is 11.4 Å². The van der Waals surface area contributed by atoms with Gasteiger partial charge in [-0.15, -0.1) is 0 Å². The second-order valence-electron chi connectivity index (χ2n) is 5.06. The third-order valence-corrected chi connectivity index (χ3v) is 5.93. The molecule has 1 amide bonds. The standard InChI is InChI=1S/C14H19N3O3S3/c1-15-23(19,20)11-5-3-4-10(8-11)9-17-13(18)12(6-7-22-2)16-14(17)21/h3-5,8,12,15H,6-7,9H2,1-2H3,(H,16,21)/t12-/m1/s1. The van der Waals surface area contributed by atoms with Gasteiger partial charge in [-0.2, -0.15) is 11.8 Å². The Labute approximate surface area is 146 Å². The van der Waals surface area contributed by atoms with E-state index in [1.54, 1.807) is 30.0 Å². The molecule has 0 unspecified atom stereocenters. The molecule has 1 aliphatic rings. The normalized spacial score (nSPS) is 18.3. The number of sulfonamides is 1. The van der Waals surface area contributed by atoms with E-state index in [1.165, 1.54) is 18.0 Å². The molecule has 23 heavy (non-hydrogen) atoms. The van der Waals surface area contributed by atoms with E-state index < -0.39 is 10.0 Å². The van der Waals surface area contributed by atoms with Crippen LogP contribution in [0.25, 0.3) is 0 Å². The predicted molar refractivity (Wildman–Crippen MR) is 95.8 cm³/mol. The van der Waals surface area contributed by atoms with Crippen LogP contribution in [0.4, 0.5) is 0 Å². The zero-order valence-electron chi connectivity index (χ0n) is 12.9. The predicted octanol–water partition coefficient (Wildman–Crippen LogP) is 0.933. The van der Waals surface area contributed by atoms with Crippen LogP contribution < -0.4 is 10.0 Å². The Kier molecular flexibility index (Phi) is 6.01. The number of benzene rings is 1. The van der Waals surface area contributed by atoms with E-state index in [-0.39, 0.29) is 23.4 Å². The van der Waals surface area contributed by atoms with E-state index in [1.807, 2.05) is 6.26 Å². The fourth-order valence-corrected chi connectivity index (χ4v) is 3.84. The van der Waals surface area contributed by atoms with Crippen LogP contribution in [0.15, 0.2) is 29.2 Å². The number of rotatable bonds is 7. The lowest BCUT2D eigenvalue weighted by Gasteiger charge is -2.15. The molecule has 2 rings (SSSR count). The van der Waals surface area contributed by atoms with Crippen LogP contribution in [-0.4, -0.2) is 49.4 Å². The molecule has 0 radical (unpaired) electrons. The van der Waals surface area contributed by atoms with E-state index in [0.717, 1.165) is 5.75 Å². The first-order valence-electron chi connectivity index (χ1n) is 7.02. The number of amides is 1. The maximum Gasteiger partial charge on any atom is 0.251 e. The zero-order chi connectivity index (χ0) is 17.0. The summed E-state index contributed by atoms with van der Waals surface area (Å²) in [4.78, 5) is 14.1. The van der Waals surface area contributed by atoms with Crippen LogP contribution in [-0.2, 0) is 21.4 Å². The molecule has 126 valence electrons. The molecule has 0 spiro atoms.